The minimum absolute atomic E-state index is 0.0213. The fourth-order valence-electron chi connectivity index (χ4n) is 2.83. The van der Waals surface area contributed by atoms with Crippen LogP contribution in [-0.4, -0.2) is 31.6 Å². The molecule has 6 heteroatoms. The standard InChI is InChI=1S/C22H28N2O4/c1-15(2)28-21-9-7-6-8-19(21)24(17(4)25)13-12-22(26)23-18-14-16(3)10-11-20(18)27-5/h6-11,14-15H,12-13H2,1-5H3,(H,23,26). The maximum Gasteiger partial charge on any atom is 0.226 e. The molecule has 0 aliphatic rings. The molecular formula is C22H28N2O4. The molecule has 0 saturated heterocycles. The first-order valence-corrected chi connectivity index (χ1v) is 9.30. The Balaban J connectivity index is 2.11. The normalized spacial score (nSPS) is 10.5. The Labute approximate surface area is 166 Å². The highest BCUT2D eigenvalue weighted by Gasteiger charge is 2.18. The minimum atomic E-state index is -0.197. The molecule has 0 saturated carbocycles. The van der Waals surface area contributed by atoms with Gasteiger partial charge in [-0.2, -0.15) is 0 Å². The van der Waals surface area contributed by atoms with Crippen LogP contribution in [0.15, 0.2) is 42.5 Å². The molecule has 0 heterocycles. The number of carbonyl (C=O) groups excluding carboxylic acids is 2. The van der Waals surface area contributed by atoms with Crippen LogP contribution in [0.4, 0.5) is 11.4 Å². The largest absolute Gasteiger partial charge is 0.495 e. The fourth-order valence-corrected chi connectivity index (χ4v) is 2.83. The van der Waals surface area contributed by atoms with Crippen LogP contribution >= 0.6 is 0 Å². The maximum atomic E-state index is 12.5. The van der Waals surface area contributed by atoms with Gasteiger partial charge in [-0.15, -0.1) is 0 Å². The Kier molecular flexibility index (Phi) is 7.44. The summed E-state index contributed by atoms with van der Waals surface area (Å²) < 4.78 is 11.1. The lowest BCUT2D eigenvalue weighted by atomic mass is 10.2. The van der Waals surface area contributed by atoms with Crippen molar-refractivity contribution in [1.29, 1.82) is 0 Å². The second-order valence-corrected chi connectivity index (χ2v) is 6.81. The highest BCUT2D eigenvalue weighted by molar-refractivity contribution is 5.96. The predicted molar refractivity (Wildman–Crippen MR) is 111 cm³/mol. The van der Waals surface area contributed by atoms with Gasteiger partial charge in [-0.05, 0) is 50.6 Å². The van der Waals surface area contributed by atoms with E-state index in [2.05, 4.69) is 5.32 Å². The van der Waals surface area contributed by atoms with E-state index in [1.807, 2.05) is 63.2 Å². The summed E-state index contributed by atoms with van der Waals surface area (Å²) in [5.74, 6) is 0.865. The Morgan fingerprint density at radius 3 is 2.46 bits per heavy atom. The Hall–Kier alpha value is -3.02. The first kappa shape index (κ1) is 21.3. The molecule has 0 unspecified atom stereocenters. The molecule has 0 spiro atoms. The molecule has 28 heavy (non-hydrogen) atoms. The molecule has 1 N–H and O–H groups in total. The fraction of sp³-hybridized carbons (Fsp3) is 0.364. The Morgan fingerprint density at radius 1 is 1.11 bits per heavy atom. The smallest absolute Gasteiger partial charge is 0.226 e. The van der Waals surface area contributed by atoms with Gasteiger partial charge in [0.25, 0.3) is 0 Å². The number of hydrogen-bond donors (Lipinski definition) is 1. The number of hydrogen-bond acceptors (Lipinski definition) is 4. The van der Waals surface area contributed by atoms with Gasteiger partial charge in [0.05, 0.1) is 24.6 Å². The monoisotopic (exact) mass is 384 g/mol. The van der Waals surface area contributed by atoms with Crippen LogP contribution in [0.5, 0.6) is 11.5 Å². The average Bonchev–Trinajstić information content (AvgIpc) is 2.62. The van der Waals surface area contributed by atoms with Crippen molar-refractivity contribution in [1.82, 2.24) is 0 Å². The third-order valence-corrected chi connectivity index (χ3v) is 4.09. The molecule has 0 radical (unpaired) electrons. The van der Waals surface area contributed by atoms with Crippen molar-refractivity contribution in [2.45, 2.75) is 40.2 Å². The summed E-state index contributed by atoms with van der Waals surface area (Å²) in [7, 11) is 1.56. The van der Waals surface area contributed by atoms with Crippen LogP contribution in [0.25, 0.3) is 0 Å². The van der Waals surface area contributed by atoms with Gasteiger partial charge in [0.1, 0.15) is 11.5 Å². The van der Waals surface area contributed by atoms with Crippen molar-refractivity contribution in [3.8, 4) is 11.5 Å². The summed E-state index contributed by atoms with van der Waals surface area (Å²) in [5.41, 5.74) is 2.29. The summed E-state index contributed by atoms with van der Waals surface area (Å²) in [6.07, 6.45) is 0.124. The molecule has 150 valence electrons. The maximum absolute atomic E-state index is 12.5. The summed E-state index contributed by atoms with van der Waals surface area (Å²) >= 11 is 0. The van der Waals surface area contributed by atoms with Crippen molar-refractivity contribution in [3.63, 3.8) is 0 Å². The SMILES string of the molecule is COc1ccc(C)cc1NC(=O)CCN(C(C)=O)c1ccccc1OC(C)C. The number of aryl methyl sites for hydroxylation is 1. The lowest BCUT2D eigenvalue weighted by Crippen LogP contribution is -2.32. The number of benzene rings is 2. The number of ether oxygens (including phenoxy) is 2. The first-order valence-electron chi connectivity index (χ1n) is 9.30. The lowest BCUT2D eigenvalue weighted by molar-refractivity contribution is -0.117. The quantitative estimate of drug-likeness (QED) is 0.742. The van der Waals surface area contributed by atoms with Crippen LogP contribution in [0, 0.1) is 6.92 Å². The number of carbonyl (C=O) groups is 2. The van der Waals surface area contributed by atoms with Crippen LogP contribution < -0.4 is 19.7 Å². The van der Waals surface area contributed by atoms with E-state index >= 15 is 0 Å². The van der Waals surface area contributed by atoms with Gasteiger partial charge in [0.2, 0.25) is 11.8 Å². The minimum Gasteiger partial charge on any atom is -0.495 e. The second kappa shape index (κ2) is 9.78. The molecule has 0 fully saturated rings. The number of amides is 2. The van der Waals surface area contributed by atoms with Crippen LogP contribution in [0.2, 0.25) is 0 Å². The number of para-hydroxylation sites is 2. The van der Waals surface area contributed by atoms with E-state index in [4.69, 9.17) is 9.47 Å². The molecule has 0 aliphatic heterocycles. The molecule has 2 aromatic carbocycles. The molecule has 2 aromatic rings. The third kappa shape index (κ3) is 5.74. The third-order valence-electron chi connectivity index (χ3n) is 4.09. The van der Waals surface area contributed by atoms with E-state index < -0.39 is 0 Å². The van der Waals surface area contributed by atoms with Gasteiger partial charge in [-0.25, -0.2) is 0 Å². The van der Waals surface area contributed by atoms with E-state index in [1.54, 1.807) is 12.0 Å². The van der Waals surface area contributed by atoms with Crippen LogP contribution in [-0.2, 0) is 9.59 Å². The Bertz CT molecular complexity index is 833. The van der Waals surface area contributed by atoms with Gasteiger partial charge < -0.3 is 19.7 Å². The van der Waals surface area contributed by atoms with Gasteiger partial charge in [-0.1, -0.05) is 18.2 Å². The molecular weight excluding hydrogens is 356 g/mol. The molecule has 6 nitrogen and oxygen atoms in total. The second-order valence-electron chi connectivity index (χ2n) is 6.81. The van der Waals surface area contributed by atoms with E-state index in [9.17, 15) is 9.59 Å². The highest BCUT2D eigenvalue weighted by Crippen LogP contribution is 2.30. The van der Waals surface area contributed by atoms with Crippen molar-refractivity contribution >= 4 is 23.2 Å². The molecule has 0 atom stereocenters. The molecule has 2 amide bonds. The number of rotatable bonds is 8. The van der Waals surface area contributed by atoms with Gasteiger partial charge in [0, 0.05) is 19.9 Å². The lowest BCUT2D eigenvalue weighted by Gasteiger charge is -2.24. The van der Waals surface area contributed by atoms with E-state index in [0.717, 1.165) is 5.56 Å². The van der Waals surface area contributed by atoms with E-state index in [0.29, 0.717) is 22.9 Å². The number of methoxy groups -OCH3 is 1. The highest BCUT2D eigenvalue weighted by atomic mass is 16.5. The molecule has 0 bridgehead atoms. The van der Waals surface area contributed by atoms with Crippen molar-refractivity contribution in [3.05, 3.63) is 48.0 Å². The zero-order valence-corrected chi connectivity index (χ0v) is 17.1. The summed E-state index contributed by atoms with van der Waals surface area (Å²) in [6.45, 7) is 7.52. The van der Waals surface area contributed by atoms with E-state index in [-0.39, 0.29) is 30.9 Å². The zero-order valence-electron chi connectivity index (χ0n) is 17.1. The van der Waals surface area contributed by atoms with Crippen LogP contribution in [0.3, 0.4) is 0 Å². The van der Waals surface area contributed by atoms with E-state index in [1.165, 1.54) is 6.92 Å². The van der Waals surface area contributed by atoms with Gasteiger partial charge >= 0.3 is 0 Å². The number of nitrogens with zero attached hydrogens (tertiary/aromatic N) is 1. The first-order chi connectivity index (χ1) is 13.3. The number of nitrogens with one attached hydrogen (secondary N) is 1. The molecule has 0 aromatic heterocycles. The van der Waals surface area contributed by atoms with Gasteiger partial charge in [0.15, 0.2) is 0 Å². The van der Waals surface area contributed by atoms with Crippen LogP contribution in [0.1, 0.15) is 32.8 Å². The summed E-state index contributed by atoms with van der Waals surface area (Å²) in [5, 5.41) is 2.86. The van der Waals surface area contributed by atoms with Crippen molar-refractivity contribution in [2.75, 3.05) is 23.9 Å². The summed E-state index contributed by atoms with van der Waals surface area (Å²) in [6, 6.07) is 12.9. The van der Waals surface area contributed by atoms with Gasteiger partial charge in [-0.3, -0.25) is 9.59 Å². The topological polar surface area (TPSA) is 67.9 Å². The average molecular weight is 384 g/mol. The number of anilines is 2. The predicted octanol–water partition coefficient (Wildman–Crippen LogP) is 4.17. The van der Waals surface area contributed by atoms with Crippen molar-refractivity contribution < 1.29 is 19.1 Å². The Morgan fingerprint density at radius 2 is 1.82 bits per heavy atom. The summed E-state index contributed by atoms with van der Waals surface area (Å²) in [4.78, 5) is 26.3. The molecule has 0 aliphatic carbocycles. The molecule has 2 rings (SSSR count). The van der Waals surface area contributed by atoms with Crippen molar-refractivity contribution in [2.24, 2.45) is 0 Å². The zero-order chi connectivity index (χ0) is 20.7.